The van der Waals surface area contributed by atoms with Gasteiger partial charge in [0.05, 0.1) is 0 Å². The van der Waals surface area contributed by atoms with E-state index in [9.17, 15) is 18.4 Å². The number of allylic oxidation sites excluding steroid dienone is 4. The smallest absolute Gasteiger partial charge is 0.303 e. The monoisotopic (exact) mass is 584 g/mol. The second kappa shape index (κ2) is 19.2. The average molecular weight is 585 g/mol. The Labute approximate surface area is 249 Å². The number of alkyl halides is 2. The van der Waals surface area contributed by atoms with Gasteiger partial charge in [-0.2, -0.15) is 0 Å². The Kier molecular flexibility index (Phi) is 16.5. The molecule has 1 aliphatic heterocycles. The standard InChI is InChI=1S/C29H32F2N2O4.C3H8.C2H6/c1-19-9-10-23(28(30)31)7-5-15-33(3)27(19)29(36)32-18-21-6-4-8-24(17-21)37-25-13-11-22(20(2)16-25)12-14-26(34)35;1-3-2;1-2/h4-8,10-11,13,16-17,28H,9,12,14-15,18H2,1-3H3,(H,32,36)(H,34,35);3H2,1-2H3;1-2H3/b7-5-,23-10+,27-19-;;. The van der Waals surface area contributed by atoms with E-state index < -0.39 is 12.4 Å². The van der Waals surface area contributed by atoms with Crippen LogP contribution < -0.4 is 10.1 Å². The van der Waals surface area contributed by atoms with E-state index in [-0.39, 0.29) is 30.9 Å². The average Bonchev–Trinajstić information content (AvgIpc) is 3.01. The van der Waals surface area contributed by atoms with Crippen molar-refractivity contribution in [1.82, 2.24) is 10.2 Å². The Morgan fingerprint density at radius 1 is 1.07 bits per heavy atom. The number of aliphatic carboxylic acids is 1. The van der Waals surface area contributed by atoms with Crippen LogP contribution in [0.15, 0.2) is 77.5 Å². The zero-order valence-electron chi connectivity index (χ0n) is 26.0. The first-order chi connectivity index (χ1) is 20.0. The van der Waals surface area contributed by atoms with Crippen molar-refractivity contribution in [3.05, 3.63) is 94.2 Å². The van der Waals surface area contributed by atoms with Gasteiger partial charge in [0.2, 0.25) is 0 Å². The summed E-state index contributed by atoms with van der Waals surface area (Å²) in [6.45, 7) is 12.5. The van der Waals surface area contributed by atoms with Gasteiger partial charge < -0.3 is 20.1 Å². The zero-order chi connectivity index (χ0) is 31.7. The molecular weight excluding hydrogens is 538 g/mol. The number of nitrogens with zero attached hydrogens (tertiary/aromatic N) is 1. The molecule has 0 radical (unpaired) electrons. The third-order valence-corrected chi connectivity index (χ3v) is 6.10. The number of carboxylic acid groups (broad SMARTS) is 1. The highest BCUT2D eigenvalue weighted by atomic mass is 19.3. The lowest BCUT2D eigenvalue weighted by molar-refractivity contribution is -0.137. The van der Waals surface area contributed by atoms with E-state index in [2.05, 4.69) is 19.2 Å². The second-order valence-corrected chi connectivity index (χ2v) is 9.74. The topological polar surface area (TPSA) is 78.9 Å². The largest absolute Gasteiger partial charge is 0.481 e. The summed E-state index contributed by atoms with van der Waals surface area (Å²) in [5.74, 6) is 0.131. The van der Waals surface area contributed by atoms with Gasteiger partial charge in [0.15, 0.2) is 0 Å². The van der Waals surface area contributed by atoms with Gasteiger partial charge in [-0.1, -0.05) is 70.5 Å². The van der Waals surface area contributed by atoms with Gasteiger partial charge in [-0.25, -0.2) is 8.78 Å². The molecule has 0 bridgehead atoms. The van der Waals surface area contributed by atoms with Crippen molar-refractivity contribution in [1.29, 1.82) is 0 Å². The molecule has 1 heterocycles. The summed E-state index contributed by atoms with van der Waals surface area (Å²) < 4.78 is 32.3. The Hall–Kier alpha value is -3.94. The minimum absolute atomic E-state index is 0.0451. The van der Waals surface area contributed by atoms with E-state index in [0.717, 1.165) is 16.7 Å². The SMILES string of the molecule is C/C1=C(\C(=O)NCc2cccc(Oc3ccc(CCC(=O)O)c(C)c3)c2)N(C)C/C=C\C(C(F)F)=C/C1.CC.CCC. The van der Waals surface area contributed by atoms with Crippen LogP contribution in [-0.4, -0.2) is 41.9 Å². The van der Waals surface area contributed by atoms with Crippen molar-refractivity contribution in [3.8, 4) is 11.5 Å². The van der Waals surface area contributed by atoms with Gasteiger partial charge in [0, 0.05) is 32.1 Å². The second-order valence-electron chi connectivity index (χ2n) is 9.74. The summed E-state index contributed by atoms with van der Waals surface area (Å²) in [4.78, 5) is 25.6. The van der Waals surface area contributed by atoms with Crippen LogP contribution in [0.5, 0.6) is 11.5 Å². The van der Waals surface area contributed by atoms with Gasteiger partial charge in [-0.15, -0.1) is 0 Å². The Balaban J connectivity index is 0.00000165. The molecular formula is C34H46F2N2O4. The molecule has 42 heavy (non-hydrogen) atoms. The third kappa shape index (κ3) is 12.3. The normalized spacial score (nSPS) is 16.7. The molecule has 3 rings (SSSR count). The number of hydrogen-bond acceptors (Lipinski definition) is 4. The maximum absolute atomic E-state index is 13.2. The number of nitrogens with one attached hydrogen (secondary N) is 1. The van der Waals surface area contributed by atoms with Crippen molar-refractivity contribution in [3.63, 3.8) is 0 Å². The number of likely N-dealkylation sites (N-methyl/N-ethyl adjacent to an activating group) is 1. The number of carbonyl (C=O) groups is 2. The molecule has 230 valence electrons. The van der Waals surface area contributed by atoms with Crippen LogP contribution in [0.3, 0.4) is 0 Å². The molecule has 1 amide bonds. The molecule has 0 atom stereocenters. The highest BCUT2D eigenvalue weighted by Gasteiger charge is 2.19. The maximum Gasteiger partial charge on any atom is 0.303 e. The molecule has 0 aromatic heterocycles. The van der Waals surface area contributed by atoms with Crippen LogP contribution in [0.1, 0.15) is 70.6 Å². The summed E-state index contributed by atoms with van der Waals surface area (Å²) in [6.07, 6.45) is 3.99. The number of aryl methyl sites for hydroxylation is 2. The fourth-order valence-electron chi connectivity index (χ4n) is 4.10. The number of halogens is 2. The fraction of sp³-hybridized carbons (Fsp3) is 0.412. The first kappa shape index (κ1) is 36.1. The van der Waals surface area contributed by atoms with Gasteiger partial charge in [-0.05, 0) is 73.2 Å². The van der Waals surface area contributed by atoms with Crippen molar-refractivity contribution < 1.29 is 28.2 Å². The molecule has 0 spiro atoms. The zero-order valence-corrected chi connectivity index (χ0v) is 26.0. The van der Waals surface area contributed by atoms with Gasteiger partial charge in [0.1, 0.15) is 17.2 Å². The van der Waals surface area contributed by atoms with Gasteiger partial charge in [0.25, 0.3) is 12.3 Å². The molecule has 8 heteroatoms. The number of amides is 1. The number of benzene rings is 2. The lowest BCUT2D eigenvalue weighted by atomic mass is 10.0. The number of carboxylic acids is 1. The molecule has 0 unspecified atom stereocenters. The summed E-state index contributed by atoms with van der Waals surface area (Å²) in [7, 11) is 1.76. The highest BCUT2D eigenvalue weighted by Crippen LogP contribution is 2.26. The number of carbonyl (C=O) groups excluding carboxylic acids is 1. The van der Waals surface area contributed by atoms with E-state index in [0.29, 0.717) is 35.7 Å². The van der Waals surface area contributed by atoms with Crippen LogP contribution >= 0.6 is 0 Å². The van der Waals surface area contributed by atoms with Crippen LogP contribution in [0.25, 0.3) is 0 Å². The molecule has 0 aliphatic carbocycles. The minimum Gasteiger partial charge on any atom is -0.481 e. The van der Waals surface area contributed by atoms with Crippen molar-refractivity contribution in [2.45, 2.75) is 80.2 Å². The first-order valence-electron chi connectivity index (χ1n) is 14.5. The third-order valence-electron chi connectivity index (χ3n) is 6.10. The minimum atomic E-state index is -2.56. The Morgan fingerprint density at radius 3 is 2.36 bits per heavy atom. The summed E-state index contributed by atoms with van der Waals surface area (Å²) in [5, 5.41) is 11.8. The molecule has 2 N–H and O–H groups in total. The van der Waals surface area contributed by atoms with Crippen LogP contribution in [-0.2, 0) is 22.6 Å². The highest BCUT2D eigenvalue weighted by molar-refractivity contribution is 5.93. The summed E-state index contributed by atoms with van der Waals surface area (Å²) >= 11 is 0. The van der Waals surface area contributed by atoms with E-state index >= 15 is 0 Å². The molecule has 2 aromatic carbocycles. The quantitative estimate of drug-likeness (QED) is 0.310. The fourth-order valence-corrected chi connectivity index (χ4v) is 4.10. The van der Waals surface area contributed by atoms with Gasteiger partial charge in [-0.3, -0.25) is 9.59 Å². The van der Waals surface area contributed by atoms with Crippen molar-refractivity contribution >= 4 is 11.9 Å². The lowest BCUT2D eigenvalue weighted by Crippen LogP contribution is -2.34. The van der Waals surface area contributed by atoms with E-state index in [1.54, 1.807) is 24.9 Å². The predicted molar refractivity (Wildman–Crippen MR) is 166 cm³/mol. The summed E-state index contributed by atoms with van der Waals surface area (Å²) in [5.41, 5.74) is 3.88. The van der Waals surface area contributed by atoms with Crippen LogP contribution in [0.4, 0.5) is 8.78 Å². The first-order valence-corrected chi connectivity index (χ1v) is 14.5. The molecule has 0 fully saturated rings. The van der Waals surface area contributed by atoms with E-state index in [4.69, 9.17) is 9.84 Å². The van der Waals surface area contributed by atoms with Crippen LogP contribution in [0, 0.1) is 6.92 Å². The van der Waals surface area contributed by atoms with Crippen LogP contribution in [0.2, 0.25) is 0 Å². The lowest BCUT2D eigenvalue weighted by Gasteiger charge is -2.22. The number of ether oxygens (including phenoxy) is 1. The van der Waals surface area contributed by atoms with Crippen molar-refractivity contribution in [2.75, 3.05) is 13.6 Å². The summed E-state index contributed by atoms with van der Waals surface area (Å²) in [6, 6.07) is 12.9. The van der Waals surface area contributed by atoms with Gasteiger partial charge >= 0.3 is 5.97 Å². The van der Waals surface area contributed by atoms with E-state index in [1.807, 2.05) is 63.2 Å². The Bertz CT molecular complexity index is 1250. The molecule has 1 aliphatic rings. The molecule has 0 saturated heterocycles. The molecule has 2 aromatic rings. The maximum atomic E-state index is 13.2. The number of rotatable bonds is 9. The molecule has 0 saturated carbocycles. The Morgan fingerprint density at radius 2 is 1.74 bits per heavy atom. The predicted octanol–water partition coefficient (Wildman–Crippen LogP) is 8.22. The number of hydrogen-bond donors (Lipinski definition) is 2. The van der Waals surface area contributed by atoms with Crippen molar-refractivity contribution in [2.24, 2.45) is 0 Å². The van der Waals surface area contributed by atoms with E-state index in [1.165, 1.54) is 18.6 Å². The molecule has 6 nitrogen and oxygen atoms in total.